The molecule has 2 N–H and O–H groups in total. The van der Waals surface area contributed by atoms with Crippen LogP contribution in [0.5, 0.6) is 0 Å². The van der Waals surface area contributed by atoms with Crippen molar-refractivity contribution < 1.29 is 0 Å². The lowest BCUT2D eigenvalue weighted by Gasteiger charge is -2.36. The molecule has 0 spiro atoms. The smallest absolute Gasteiger partial charge is 0.272 e. The Morgan fingerprint density at radius 1 is 1.26 bits per heavy atom. The summed E-state index contributed by atoms with van der Waals surface area (Å²) in [6.07, 6.45) is 1.18. The Bertz CT molecular complexity index is 724. The summed E-state index contributed by atoms with van der Waals surface area (Å²) in [5, 5.41) is 11.1. The molecule has 0 unspecified atom stereocenters. The summed E-state index contributed by atoms with van der Waals surface area (Å²) < 4.78 is 0. The number of aromatic amines is 1. The molecule has 1 saturated heterocycles. The van der Waals surface area contributed by atoms with Crippen molar-refractivity contribution in [2.45, 2.75) is 6.42 Å². The van der Waals surface area contributed by atoms with Gasteiger partial charge in [0, 0.05) is 37.3 Å². The standard InChI is InChI=1S/C16H22ClN5O/c1-18-5-2-6-21-7-9-22(10-8-21)12-3-4-13-14(11-12)15(17)19-20-16(13)23/h3-4,11,18H,2,5-10H2,1H3,(H,20,23). The highest BCUT2D eigenvalue weighted by molar-refractivity contribution is 6.34. The normalized spacial score (nSPS) is 16.2. The molecule has 1 fully saturated rings. The van der Waals surface area contributed by atoms with Crippen LogP contribution in [0.3, 0.4) is 0 Å². The number of anilines is 1. The lowest BCUT2D eigenvalue weighted by atomic mass is 10.1. The lowest BCUT2D eigenvalue weighted by molar-refractivity contribution is 0.254. The highest BCUT2D eigenvalue weighted by Crippen LogP contribution is 2.25. The van der Waals surface area contributed by atoms with Gasteiger partial charge in [0.15, 0.2) is 5.15 Å². The predicted molar refractivity (Wildman–Crippen MR) is 94.6 cm³/mol. The number of hydrogen-bond acceptors (Lipinski definition) is 5. The van der Waals surface area contributed by atoms with E-state index in [0.29, 0.717) is 15.9 Å². The Morgan fingerprint density at radius 2 is 2.04 bits per heavy atom. The van der Waals surface area contributed by atoms with E-state index in [-0.39, 0.29) is 5.56 Å². The fraction of sp³-hybridized carbons (Fsp3) is 0.500. The van der Waals surface area contributed by atoms with Gasteiger partial charge in [-0.25, -0.2) is 5.10 Å². The maximum absolute atomic E-state index is 11.8. The van der Waals surface area contributed by atoms with Crippen LogP contribution in [0.1, 0.15) is 6.42 Å². The number of H-pyrrole nitrogens is 1. The monoisotopic (exact) mass is 335 g/mol. The third-order valence-electron chi connectivity index (χ3n) is 4.36. The molecule has 0 bridgehead atoms. The molecular weight excluding hydrogens is 314 g/mol. The van der Waals surface area contributed by atoms with Crippen LogP contribution in [-0.4, -0.2) is 61.4 Å². The Labute approximate surface area is 140 Å². The second kappa shape index (κ2) is 7.29. The molecule has 1 aliphatic rings. The summed E-state index contributed by atoms with van der Waals surface area (Å²) in [6, 6.07) is 5.79. The Kier molecular flexibility index (Phi) is 5.15. The van der Waals surface area contributed by atoms with Crippen molar-refractivity contribution in [3.63, 3.8) is 0 Å². The van der Waals surface area contributed by atoms with Crippen LogP contribution >= 0.6 is 11.6 Å². The van der Waals surface area contributed by atoms with Crippen molar-refractivity contribution in [1.29, 1.82) is 0 Å². The molecule has 1 aromatic heterocycles. The molecule has 0 radical (unpaired) electrons. The van der Waals surface area contributed by atoms with Gasteiger partial charge in [-0.1, -0.05) is 11.6 Å². The molecule has 2 heterocycles. The Hall–Kier alpha value is -1.63. The second-order valence-corrected chi connectivity index (χ2v) is 6.22. The zero-order valence-corrected chi connectivity index (χ0v) is 14.1. The highest BCUT2D eigenvalue weighted by atomic mass is 35.5. The summed E-state index contributed by atoms with van der Waals surface area (Å²) in [4.78, 5) is 16.6. The van der Waals surface area contributed by atoms with Crippen LogP contribution in [0.25, 0.3) is 10.8 Å². The number of rotatable bonds is 5. The maximum Gasteiger partial charge on any atom is 0.272 e. The quantitative estimate of drug-likeness (QED) is 0.807. The Morgan fingerprint density at radius 3 is 2.78 bits per heavy atom. The van der Waals surface area contributed by atoms with E-state index in [9.17, 15) is 4.79 Å². The highest BCUT2D eigenvalue weighted by Gasteiger charge is 2.17. The largest absolute Gasteiger partial charge is 0.369 e. The molecule has 0 saturated carbocycles. The number of benzene rings is 1. The van der Waals surface area contributed by atoms with Crippen molar-refractivity contribution in [3.8, 4) is 0 Å². The van der Waals surface area contributed by atoms with Gasteiger partial charge in [-0.2, -0.15) is 5.10 Å². The molecule has 23 heavy (non-hydrogen) atoms. The SMILES string of the molecule is CNCCCN1CCN(c2ccc3c(=O)[nH]nc(Cl)c3c2)CC1. The van der Waals surface area contributed by atoms with Gasteiger partial charge >= 0.3 is 0 Å². The summed E-state index contributed by atoms with van der Waals surface area (Å²) >= 11 is 6.12. The van der Waals surface area contributed by atoms with E-state index in [1.54, 1.807) is 0 Å². The summed E-state index contributed by atoms with van der Waals surface area (Å²) in [6.45, 7) is 6.28. The zero-order valence-electron chi connectivity index (χ0n) is 13.3. The van der Waals surface area contributed by atoms with Gasteiger partial charge in [-0.15, -0.1) is 0 Å². The van der Waals surface area contributed by atoms with E-state index in [4.69, 9.17) is 11.6 Å². The van der Waals surface area contributed by atoms with Crippen LogP contribution in [0.4, 0.5) is 5.69 Å². The molecule has 0 atom stereocenters. The van der Waals surface area contributed by atoms with Gasteiger partial charge in [0.25, 0.3) is 5.56 Å². The average molecular weight is 336 g/mol. The van der Waals surface area contributed by atoms with E-state index in [1.807, 2.05) is 25.2 Å². The van der Waals surface area contributed by atoms with Gasteiger partial charge in [-0.05, 0) is 44.8 Å². The minimum atomic E-state index is -0.203. The zero-order chi connectivity index (χ0) is 16.2. The number of fused-ring (bicyclic) bond motifs is 1. The van der Waals surface area contributed by atoms with E-state index < -0.39 is 0 Å². The van der Waals surface area contributed by atoms with Crippen molar-refractivity contribution in [3.05, 3.63) is 33.7 Å². The number of nitrogens with zero attached hydrogens (tertiary/aromatic N) is 3. The minimum Gasteiger partial charge on any atom is -0.369 e. The average Bonchev–Trinajstić information content (AvgIpc) is 2.59. The predicted octanol–water partition coefficient (Wildman–Crippen LogP) is 1.31. The van der Waals surface area contributed by atoms with Crippen molar-refractivity contribution in [2.24, 2.45) is 0 Å². The van der Waals surface area contributed by atoms with Crippen LogP contribution in [0, 0.1) is 0 Å². The first-order chi connectivity index (χ1) is 11.2. The number of halogens is 1. The maximum atomic E-state index is 11.8. The number of nitrogens with one attached hydrogen (secondary N) is 2. The van der Waals surface area contributed by atoms with Gasteiger partial charge < -0.3 is 10.2 Å². The first-order valence-electron chi connectivity index (χ1n) is 7.99. The van der Waals surface area contributed by atoms with Crippen LogP contribution in [0.15, 0.2) is 23.0 Å². The number of hydrogen-bond donors (Lipinski definition) is 2. The molecule has 1 aromatic carbocycles. The first kappa shape index (κ1) is 16.2. The lowest BCUT2D eigenvalue weighted by Crippen LogP contribution is -2.46. The van der Waals surface area contributed by atoms with Crippen molar-refractivity contribution >= 4 is 28.1 Å². The molecule has 6 nitrogen and oxygen atoms in total. The third kappa shape index (κ3) is 3.65. The molecule has 0 amide bonds. The Balaban J connectivity index is 1.70. The van der Waals surface area contributed by atoms with Gasteiger partial charge in [0.1, 0.15) is 0 Å². The van der Waals surface area contributed by atoms with E-state index >= 15 is 0 Å². The number of piperazine rings is 1. The van der Waals surface area contributed by atoms with E-state index in [0.717, 1.165) is 45.0 Å². The van der Waals surface area contributed by atoms with Crippen LogP contribution in [-0.2, 0) is 0 Å². The van der Waals surface area contributed by atoms with Crippen LogP contribution < -0.4 is 15.8 Å². The van der Waals surface area contributed by atoms with Crippen LogP contribution in [0.2, 0.25) is 5.15 Å². The molecule has 1 aliphatic heterocycles. The third-order valence-corrected chi connectivity index (χ3v) is 4.65. The van der Waals surface area contributed by atoms with Gasteiger partial charge in [0.2, 0.25) is 0 Å². The molecule has 0 aliphatic carbocycles. The van der Waals surface area contributed by atoms with Gasteiger partial charge in [-0.3, -0.25) is 9.69 Å². The molecular formula is C16H22ClN5O. The topological polar surface area (TPSA) is 64.3 Å². The fourth-order valence-corrected chi connectivity index (χ4v) is 3.23. The molecule has 7 heteroatoms. The summed E-state index contributed by atoms with van der Waals surface area (Å²) in [5.41, 5.74) is 0.895. The van der Waals surface area contributed by atoms with Gasteiger partial charge in [0.05, 0.1) is 5.39 Å². The summed E-state index contributed by atoms with van der Waals surface area (Å²) in [5.74, 6) is 0. The second-order valence-electron chi connectivity index (χ2n) is 5.86. The minimum absolute atomic E-state index is 0.203. The molecule has 3 rings (SSSR count). The first-order valence-corrected chi connectivity index (χ1v) is 8.36. The number of aromatic nitrogens is 2. The van der Waals surface area contributed by atoms with E-state index in [2.05, 4.69) is 25.3 Å². The molecule has 2 aromatic rings. The fourth-order valence-electron chi connectivity index (χ4n) is 3.03. The van der Waals surface area contributed by atoms with E-state index in [1.165, 1.54) is 6.42 Å². The van der Waals surface area contributed by atoms with Crippen molar-refractivity contribution in [1.82, 2.24) is 20.4 Å². The van der Waals surface area contributed by atoms with Crippen molar-refractivity contribution in [2.75, 3.05) is 51.2 Å². The summed E-state index contributed by atoms with van der Waals surface area (Å²) in [7, 11) is 1.99. The molecule has 124 valence electrons.